The second-order valence-electron chi connectivity index (χ2n) is 35.7. The Hall–Kier alpha value is -15.6. The summed E-state index contributed by atoms with van der Waals surface area (Å²) in [6.45, 7) is 9.60. The van der Waals surface area contributed by atoms with Gasteiger partial charge in [0, 0.05) is 38.6 Å². The number of nitrogens with zero attached hydrogens (tertiary/aromatic N) is 4. The predicted molar refractivity (Wildman–Crippen MR) is 529 cm³/mol. The van der Waals surface area contributed by atoms with Gasteiger partial charge in [0.05, 0.1) is 22.8 Å². The van der Waals surface area contributed by atoms with Crippen LogP contribution >= 0.6 is 0 Å². The summed E-state index contributed by atoms with van der Waals surface area (Å²) in [6.07, 6.45) is 6.61. The summed E-state index contributed by atoms with van der Waals surface area (Å²) in [4.78, 5) is 21.2. The van der Waals surface area contributed by atoms with Gasteiger partial charge in [0.1, 0.15) is 0 Å². The maximum atomic E-state index is 5.49. The molecule has 2 heterocycles. The van der Waals surface area contributed by atoms with E-state index in [1.807, 2.05) is 12.1 Å². The minimum atomic E-state index is -0.264. The highest BCUT2D eigenvalue weighted by Crippen LogP contribution is 2.55. The Bertz CT molecular complexity index is 8280. The molecular formula is C122H82N4. The van der Waals surface area contributed by atoms with Crippen molar-refractivity contribution in [3.05, 3.63) is 434 Å². The van der Waals surface area contributed by atoms with Crippen LogP contribution in [0.2, 0.25) is 0 Å². The fraction of sp³-hybridized carbons (Fsp3) is 0.0656. The van der Waals surface area contributed by atoms with Gasteiger partial charge in [-0.1, -0.05) is 373 Å². The average molecular weight is 1600 g/mol. The van der Waals surface area contributed by atoms with E-state index >= 15 is 0 Å². The first-order valence-electron chi connectivity index (χ1n) is 44.1. The van der Waals surface area contributed by atoms with Gasteiger partial charge in [-0.05, 0) is 271 Å². The lowest BCUT2D eigenvalue weighted by Crippen LogP contribution is -2.15. The summed E-state index contributed by atoms with van der Waals surface area (Å²) >= 11 is 0. The highest BCUT2D eigenvalue weighted by atomic mass is 14.9. The van der Waals surface area contributed by atoms with Crippen molar-refractivity contribution in [2.45, 2.75) is 51.4 Å². The van der Waals surface area contributed by atoms with E-state index in [9.17, 15) is 0 Å². The zero-order valence-electron chi connectivity index (χ0n) is 70.3. The van der Waals surface area contributed by atoms with Crippen molar-refractivity contribution in [3.8, 4) is 146 Å². The Labute approximate surface area is 732 Å². The van der Waals surface area contributed by atoms with Crippen molar-refractivity contribution < 1.29 is 0 Å². The zero-order valence-corrected chi connectivity index (χ0v) is 70.3. The Morgan fingerprint density at radius 3 is 1.08 bits per heavy atom. The van der Waals surface area contributed by atoms with Crippen molar-refractivity contribution in [3.63, 3.8) is 0 Å². The van der Waals surface area contributed by atoms with Crippen LogP contribution in [0, 0.1) is 0 Å². The Balaban J connectivity index is 0.496. The quantitative estimate of drug-likeness (QED) is 0.108. The highest BCUT2D eigenvalue weighted by Gasteiger charge is 2.38. The average Bonchev–Trinajstić information content (AvgIpc) is 1.71. The third-order valence-corrected chi connectivity index (χ3v) is 27.9. The molecule has 0 aliphatic heterocycles. The molecule has 2 aromatic heterocycles. The van der Waals surface area contributed by atoms with Gasteiger partial charge in [-0.25, -0.2) is 19.9 Å². The SMILES string of the molecule is CC1(C)c2cc(C3=CC(c4cc(-c5ccccc5)nc(-c5ccc(-c6ccc7ccc8c(-c9ccc(-c%10ccc%11c(c%10)C(C)(C)c%10cc(-c%12cccc(-c%13nc(-c%14ccccc%14)cc(-c%14ccccc%14)n%13)c%12)ccc%10-%11)c%10ccccc9%10)ccc9ccc6c7c98)cc5)n4)=CCC3)ccc2-c2ccc(-c3cccc(-c4ccc5ccc6cccc7ccc4c5c67)c3)cc21. The van der Waals surface area contributed by atoms with Gasteiger partial charge in [0.2, 0.25) is 0 Å². The summed E-state index contributed by atoms with van der Waals surface area (Å²) in [5.74, 6) is 1.40. The number of benzene rings is 20. The standard InChI is InChI=1S/C122H82N4/c1-121(2)107-67-86(83-28-17-31-89(64-83)95-53-43-79-39-38-77-26-16-27-78-45-59-105(95)116(79)115(77)78)48-55-100(107)101-56-49-87(68-108(101)121)84-29-18-32-91(65-84)114-72-113(76-24-12-7-13-25-76)123-119(126-114)82-40-36-73(37-41-82)93-52-42-80-47-61-106-99(54-44-81-46-60-104(93)117(80)118(81)106)98-63-62-94(96-34-14-15-35-97(96)98)90-51-58-103-102-57-50-88(69-109(102)122(3,4)110(103)70-90)85-30-19-33-92(66-85)120-124-111(74-20-8-5-9-21-74)71-112(125-120)75-22-10-6-11-23-75/h5-17,19-28,30-72H,18,29H2,1-4H3. The first-order valence-corrected chi connectivity index (χ1v) is 44.1. The summed E-state index contributed by atoms with van der Waals surface area (Å²) in [7, 11) is 0. The predicted octanol–water partition coefficient (Wildman–Crippen LogP) is 32.4. The molecule has 0 bridgehead atoms. The molecule has 3 aliphatic rings. The van der Waals surface area contributed by atoms with Gasteiger partial charge in [-0.2, -0.15) is 0 Å². The van der Waals surface area contributed by atoms with Gasteiger partial charge in [-0.15, -0.1) is 0 Å². The summed E-state index contributed by atoms with van der Waals surface area (Å²) in [5, 5.41) is 17.8. The summed E-state index contributed by atoms with van der Waals surface area (Å²) in [5.41, 5.74) is 37.0. The summed E-state index contributed by atoms with van der Waals surface area (Å²) in [6, 6.07) is 144. The Morgan fingerprint density at radius 2 is 0.524 bits per heavy atom. The molecule has 0 atom stereocenters. The molecule has 0 saturated heterocycles. The fourth-order valence-corrected chi connectivity index (χ4v) is 21.4. The molecule has 3 aliphatic carbocycles. The molecule has 4 heteroatoms. The second kappa shape index (κ2) is 28.5. The molecule has 126 heavy (non-hydrogen) atoms. The van der Waals surface area contributed by atoms with Gasteiger partial charge < -0.3 is 0 Å². The minimum Gasteiger partial charge on any atom is -0.228 e. The largest absolute Gasteiger partial charge is 0.228 e. The first-order chi connectivity index (χ1) is 61.9. The van der Waals surface area contributed by atoms with Crippen molar-refractivity contribution in [2.24, 2.45) is 0 Å². The van der Waals surface area contributed by atoms with Crippen LogP contribution in [0.25, 0.3) is 232 Å². The van der Waals surface area contributed by atoms with Crippen molar-refractivity contribution in [1.29, 1.82) is 0 Å². The molecule has 20 aromatic carbocycles. The molecule has 0 saturated carbocycles. The van der Waals surface area contributed by atoms with Gasteiger partial charge >= 0.3 is 0 Å². The molecule has 0 N–H and O–H groups in total. The van der Waals surface area contributed by atoms with E-state index in [1.54, 1.807) is 0 Å². The van der Waals surface area contributed by atoms with E-state index in [2.05, 4.69) is 416 Å². The number of hydrogen-bond donors (Lipinski definition) is 0. The van der Waals surface area contributed by atoms with Crippen LogP contribution in [0.3, 0.4) is 0 Å². The fourth-order valence-electron chi connectivity index (χ4n) is 21.4. The molecular weight excluding hydrogens is 1520 g/mol. The van der Waals surface area contributed by atoms with Crippen LogP contribution < -0.4 is 0 Å². The Morgan fingerprint density at radius 1 is 0.206 bits per heavy atom. The van der Waals surface area contributed by atoms with Crippen LogP contribution in [0.5, 0.6) is 0 Å². The summed E-state index contributed by atoms with van der Waals surface area (Å²) < 4.78 is 0. The van der Waals surface area contributed by atoms with Crippen molar-refractivity contribution in [1.82, 2.24) is 19.9 Å². The smallest absolute Gasteiger partial charge is 0.160 e. The monoisotopic (exact) mass is 1600 g/mol. The maximum absolute atomic E-state index is 5.49. The van der Waals surface area contributed by atoms with E-state index in [0.29, 0.717) is 11.6 Å². The van der Waals surface area contributed by atoms with Gasteiger partial charge in [0.15, 0.2) is 11.6 Å². The maximum Gasteiger partial charge on any atom is 0.160 e. The molecule has 0 fully saturated rings. The highest BCUT2D eigenvalue weighted by molar-refractivity contribution is 6.29. The van der Waals surface area contributed by atoms with Gasteiger partial charge in [-0.3, -0.25) is 0 Å². The second-order valence-corrected chi connectivity index (χ2v) is 35.7. The number of aromatic nitrogens is 4. The van der Waals surface area contributed by atoms with E-state index < -0.39 is 0 Å². The number of hydrogen-bond acceptors (Lipinski definition) is 4. The minimum absolute atomic E-state index is 0.219. The van der Waals surface area contributed by atoms with E-state index in [-0.39, 0.29) is 10.8 Å². The molecule has 22 aromatic rings. The van der Waals surface area contributed by atoms with E-state index in [0.717, 1.165) is 80.1 Å². The van der Waals surface area contributed by atoms with E-state index in [1.165, 1.54) is 187 Å². The van der Waals surface area contributed by atoms with Gasteiger partial charge in [0.25, 0.3) is 0 Å². The lowest BCUT2D eigenvalue weighted by atomic mass is 9.80. The van der Waals surface area contributed by atoms with Crippen LogP contribution in [-0.4, -0.2) is 19.9 Å². The number of fused-ring (bicyclic) bond motifs is 7. The van der Waals surface area contributed by atoms with Crippen molar-refractivity contribution >= 4 is 86.6 Å². The molecule has 0 radical (unpaired) electrons. The molecule has 0 amide bonds. The first kappa shape index (κ1) is 73.1. The third kappa shape index (κ3) is 11.8. The molecule has 4 nitrogen and oxygen atoms in total. The van der Waals surface area contributed by atoms with Crippen LogP contribution in [-0.2, 0) is 10.8 Å². The lowest BCUT2D eigenvalue weighted by molar-refractivity contribution is 0.660. The molecule has 590 valence electrons. The number of allylic oxidation sites excluding steroid dienone is 4. The third-order valence-electron chi connectivity index (χ3n) is 27.9. The Kier molecular flexibility index (Phi) is 16.5. The normalized spacial score (nSPS) is 13.7. The molecule has 0 unspecified atom stereocenters. The van der Waals surface area contributed by atoms with Crippen LogP contribution in [0.4, 0.5) is 0 Å². The van der Waals surface area contributed by atoms with Crippen LogP contribution in [0.15, 0.2) is 400 Å². The lowest BCUT2D eigenvalue weighted by Gasteiger charge is -2.23. The number of rotatable bonds is 13. The zero-order chi connectivity index (χ0) is 83.6. The molecule has 0 spiro atoms. The topological polar surface area (TPSA) is 51.6 Å². The van der Waals surface area contributed by atoms with E-state index in [4.69, 9.17) is 19.9 Å². The molecule has 25 rings (SSSR count). The van der Waals surface area contributed by atoms with Crippen LogP contribution in [0.1, 0.15) is 74.0 Å². The van der Waals surface area contributed by atoms with Crippen molar-refractivity contribution in [2.75, 3.05) is 0 Å².